The highest BCUT2D eigenvalue weighted by molar-refractivity contribution is 7.12. The molecule has 0 unspecified atom stereocenters. The zero-order chi connectivity index (χ0) is 7.68. The molecule has 0 fully saturated rings. The fraction of sp³-hybridized carbons (Fsp3) is 0.444. The Bertz CT molecular complexity index is 286. The number of hydrogen-bond acceptors (Lipinski definition) is 2. The second-order valence-corrected chi connectivity index (χ2v) is 4.07. The van der Waals surface area contributed by atoms with Crippen LogP contribution in [0.2, 0.25) is 0 Å². The van der Waals surface area contributed by atoms with Crippen LogP contribution >= 0.6 is 11.3 Å². The SMILES string of the molecule is Cc1nc2c(s1)C=CCCC2. The molecule has 2 heteroatoms. The van der Waals surface area contributed by atoms with Crippen LogP contribution in [0.4, 0.5) is 0 Å². The van der Waals surface area contributed by atoms with E-state index < -0.39 is 0 Å². The molecule has 1 aromatic rings. The lowest BCUT2D eigenvalue weighted by atomic mass is 10.2. The fourth-order valence-corrected chi connectivity index (χ4v) is 2.28. The first-order valence-electron chi connectivity index (χ1n) is 3.99. The van der Waals surface area contributed by atoms with Gasteiger partial charge in [-0.05, 0) is 32.3 Å². The van der Waals surface area contributed by atoms with Crippen molar-refractivity contribution >= 4 is 17.4 Å². The molecule has 1 aliphatic carbocycles. The van der Waals surface area contributed by atoms with Gasteiger partial charge in [-0.2, -0.15) is 0 Å². The maximum absolute atomic E-state index is 4.48. The normalized spacial score (nSPS) is 16.1. The summed E-state index contributed by atoms with van der Waals surface area (Å²) in [7, 11) is 0. The summed E-state index contributed by atoms with van der Waals surface area (Å²) in [5, 5.41) is 1.20. The van der Waals surface area contributed by atoms with Gasteiger partial charge in [0, 0.05) is 0 Å². The molecule has 0 saturated carbocycles. The van der Waals surface area contributed by atoms with Crippen LogP contribution in [0.5, 0.6) is 0 Å². The third-order valence-corrected chi connectivity index (χ3v) is 2.87. The smallest absolute Gasteiger partial charge is 0.0903 e. The Morgan fingerprint density at radius 2 is 2.45 bits per heavy atom. The summed E-state index contributed by atoms with van der Waals surface area (Å²) in [4.78, 5) is 5.85. The van der Waals surface area contributed by atoms with Crippen LogP contribution in [0.1, 0.15) is 28.4 Å². The molecule has 1 aromatic heterocycles. The van der Waals surface area contributed by atoms with Crippen LogP contribution in [0.15, 0.2) is 6.08 Å². The molecule has 0 radical (unpaired) electrons. The van der Waals surface area contributed by atoms with Crippen LogP contribution in [0.3, 0.4) is 0 Å². The molecule has 0 aliphatic heterocycles. The van der Waals surface area contributed by atoms with Crippen molar-refractivity contribution in [3.63, 3.8) is 0 Å². The van der Waals surface area contributed by atoms with E-state index in [1.54, 1.807) is 11.3 Å². The Morgan fingerprint density at radius 1 is 1.55 bits per heavy atom. The molecule has 0 amide bonds. The average Bonchev–Trinajstić information content (AvgIpc) is 2.17. The Morgan fingerprint density at radius 3 is 3.36 bits per heavy atom. The number of fused-ring (bicyclic) bond motifs is 1. The highest BCUT2D eigenvalue weighted by Crippen LogP contribution is 2.23. The topological polar surface area (TPSA) is 12.9 Å². The first-order valence-corrected chi connectivity index (χ1v) is 4.81. The van der Waals surface area contributed by atoms with E-state index >= 15 is 0 Å². The highest BCUT2D eigenvalue weighted by atomic mass is 32.1. The zero-order valence-corrected chi connectivity index (χ0v) is 7.45. The molecule has 58 valence electrons. The molecule has 0 bridgehead atoms. The van der Waals surface area contributed by atoms with Crippen LogP contribution < -0.4 is 0 Å². The first kappa shape index (κ1) is 7.04. The summed E-state index contributed by atoms with van der Waals surface area (Å²) in [5.74, 6) is 0. The van der Waals surface area contributed by atoms with Crippen molar-refractivity contribution in [2.45, 2.75) is 26.2 Å². The van der Waals surface area contributed by atoms with Crippen molar-refractivity contribution in [2.24, 2.45) is 0 Å². The summed E-state index contributed by atoms with van der Waals surface area (Å²) in [5.41, 5.74) is 1.31. The van der Waals surface area contributed by atoms with E-state index in [1.165, 1.54) is 28.4 Å². The molecule has 0 N–H and O–H groups in total. The molecular formula is C9H11NS. The molecule has 1 heterocycles. The number of hydrogen-bond donors (Lipinski definition) is 0. The van der Waals surface area contributed by atoms with Gasteiger partial charge in [0.2, 0.25) is 0 Å². The number of thiazole rings is 1. The standard InChI is InChI=1S/C9H11NS/c1-7-10-8-5-3-2-4-6-9(8)11-7/h4,6H,2-3,5H2,1H3. The van der Waals surface area contributed by atoms with E-state index in [0.29, 0.717) is 0 Å². The number of aromatic nitrogens is 1. The maximum Gasteiger partial charge on any atom is 0.0903 e. The Labute approximate surface area is 70.8 Å². The Kier molecular flexibility index (Phi) is 1.78. The second kappa shape index (κ2) is 2.78. The lowest BCUT2D eigenvalue weighted by Gasteiger charge is -1.90. The van der Waals surface area contributed by atoms with Crippen molar-refractivity contribution in [1.29, 1.82) is 0 Å². The number of rotatable bonds is 0. The maximum atomic E-state index is 4.48. The Hall–Kier alpha value is -0.630. The predicted octanol–water partition coefficient (Wildman–Crippen LogP) is 2.80. The van der Waals surface area contributed by atoms with Crippen LogP contribution in [0, 0.1) is 6.92 Å². The molecule has 0 spiro atoms. The van der Waals surface area contributed by atoms with Crippen LogP contribution in [0.25, 0.3) is 6.08 Å². The molecule has 0 atom stereocenters. The van der Waals surface area contributed by atoms with Gasteiger partial charge in [-0.1, -0.05) is 6.08 Å². The van der Waals surface area contributed by atoms with Crippen molar-refractivity contribution in [3.8, 4) is 0 Å². The summed E-state index contributed by atoms with van der Waals surface area (Å²) < 4.78 is 0. The molecule has 1 aliphatic rings. The second-order valence-electron chi connectivity index (χ2n) is 2.84. The number of allylic oxidation sites excluding steroid dienone is 1. The number of nitrogens with zero attached hydrogens (tertiary/aromatic N) is 1. The summed E-state index contributed by atoms with van der Waals surface area (Å²) in [6.07, 6.45) is 8.10. The third-order valence-electron chi connectivity index (χ3n) is 1.89. The minimum atomic E-state index is 1.16. The van der Waals surface area contributed by atoms with Gasteiger partial charge in [0.1, 0.15) is 0 Å². The summed E-state index contributed by atoms with van der Waals surface area (Å²) in [6, 6.07) is 0. The zero-order valence-electron chi connectivity index (χ0n) is 6.63. The molecule has 0 aromatic carbocycles. The van der Waals surface area contributed by atoms with E-state index in [9.17, 15) is 0 Å². The van der Waals surface area contributed by atoms with E-state index in [-0.39, 0.29) is 0 Å². The molecular weight excluding hydrogens is 154 g/mol. The van der Waals surface area contributed by atoms with E-state index in [0.717, 1.165) is 6.42 Å². The Balaban J connectivity index is 2.44. The van der Waals surface area contributed by atoms with Gasteiger partial charge in [0.05, 0.1) is 15.6 Å². The first-order chi connectivity index (χ1) is 5.36. The monoisotopic (exact) mass is 165 g/mol. The summed E-state index contributed by atoms with van der Waals surface area (Å²) >= 11 is 1.81. The lowest BCUT2D eigenvalue weighted by molar-refractivity contribution is 0.829. The van der Waals surface area contributed by atoms with Crippen LogP contribution in [-0.4, -0.2) is 4.98 Å². The fourth-order valence-electron chi connectivity index (χ4n) is 1.37. The van der Waals surface area contributed by atoms with Gasteiger partial charge in [-0.3, -0.25) is 0 Å². The number of aryl methyl sites for hydroxylation is 2. The minimum absolute atomic E-state index is 1.16. The van der Waals surface area contributed by atoms with Gasteiger partial charge in [0.15, 0.2) is 0 Å². The lowest BCUT2D eigenvalue weighted by Crippen LogP contribution is -1.84. The van der Waals surface area contributed by atoms with Crippen molar-refractivity contribution in [3.05, 3.63) is 21.7 Å². The molecule has 2 rings (SSSR count). The van der Waals surface area contributed by atoms with Crippen molar-refractivity contribution in [1.82, 2.24) is 4.98 Å². The van der Waals surface area contributed by atoms with E-state index in [2.05, 4.69) is 24.1 Å². The summed E-state index contributed by atoms with van der Waals surface area (Å²) in [6.45, 7) is 2.08. The van der Waals surface area contributed by atoms with Gasteiger partial charge in [-0.25, -0.2) is 4.98 Å². The minimum Gasteiger partial charge on any atom is -0.246 e. The molecule has 0 saturated heterocycles. The highest BCUT2D eigenvalue weighted by Gasteiger charge is 2.07. The van der Waals surface area contributed by atoms with Gasteiger partial charge >= 0.3 is 0 Å². The van der Waals surface area contributed by atoms with E-state index in [1.807, 2.05) is 0 Å². The molecule has 11 heavy (non-hydrogen) atoms. The van der Waals surface area contributed by atoms with Gasteiger partial charge in [0.25, 0.3) is 0 Å². The predicted molar refractivity (Wildman–Crippen MR) is 48.8 cm³/mol. The largest absolute Gasteiger partial charge is 0.246 e. The van der Waals surface area contributed by atoms with Crippen molar-refractivity contribution in [2.75, 3.05) is 0 Å². The van der Waals surface area contributed by atoms with Crippen molar-refractivity contribution < 1.29 is 0 Å². The molecule has 1 nitrogen and oxygen atoms in total. The van der Waals surface area contributed by atoms with E-state index in [4.69, 9.17) is 0 Å². The average molecular weight is 165 g/mol. The quantitative estimate of drug-likeness (QED) is 0.576. The third kappa shape index (κ3) is 1.36. The van der Waals surface area contributed by atoms with Gasteiger partial charge in [-0.15, -0.1) is 11.3 Å². The van der Waals surface area contributed by atoms with Gasteiger partial charge < -0.3 is 0 Å². The van der Waals surface area contributed by atoms with Crippen LogP contribution in [-0.2, 0) is 6.42 Å².